The molecule has 0 unspecified atom stereocenters. The minimum atomic E-state index is -0.885. The maximum atomic E-state index is 14.0. The Hall–Kier alpha value is -2.68. The lowest BCUT2D eigenvalue weighted by Crippen LogP contribution is -2.23. The molecular weight excluding hydrogens is 279 g/mol. The molecule has 22 heavy (non-hydrogen) atoms. The normalized spacial score (nSPS) is 20.0. The molecule has 2 nitrogen and oxygen atoms in total. The molecule has 0 radical (unpaired) electrons. The molecule has 3 aromatic carbocycles. The fourth-order valence-electron chi connectivity index (χ4n) is 3.12. The van der Waals surface area contributed by atoms with Crippen LogP contribution < -0.4 is 0 Å². The van der Waals surface area contributed by atoms with Gasteiger partial charge >= 0.3 is 5.97 Å². The molecular formula is C19H13FO2. The summed E-state index contributed by atoms with van der Waals surface area (Å²) in [5.74, 6) is -0.618. The van der Waals surface area contributed by atoms with Crippen LogP contribution in [0, 0.1) is 5.82 Å². The number of carbonyl (C=O) groups is 1. The second-order valence-corrected chi connectivity index (χ2v) is 5.64. The zero-order chi connectivity index (χ0) is 15.3. The number of fused-ring (bicyclic) bond motifs is 2. The molecule has 3 heteroatoms. The Morgan fingerprint density at radius 1 is 1.00 bits per heavy atom. The van der Waals surface area contributed by atoms with Gasteiger partial charge in [0.25, 0.3) is 0 Å². The zero-order valence-corrected chi connectivity index (χ0v) is 12.0. The molecule has 1 atom stereocenters. The van der Waals surface area contributed by atoms with E-state index in [-0.39, 0.29) is 11.8 Å². The van der Waals surface area contributed by atoms with Gasteiger partial charge < -0.3 is 4.74 Å². The molecule has 0 amide bonds. The van der Waals surface area contributed by atoms with E-state index in [0.717, 1.165) is 16.5 Å². The van der Waals surface area contributed by atoms with Crippen molar-refractivity contribution in [1.29, 1.82) is 0 Å². The highest BCUT2D eigenvalue weighted by Gasteiger charge is 2.42. The summed E-state index contributed by atoms with van der Waals surface area (Å²) in [5.41, 5.74) is 1.27. The van der Waals surface area contributed by atoms with E-state index < -0.39 is 5.60 Å². The standard InChI is InChI=1S/C19H13FO2/c1-19(16-7-3-2-6-14(16)18(21)22-19)13-10-9-12-5-4-8-17(20)15(12)11-13/h2-11H,1H3/t19-/m0/s1. The van der Waals surface area contributed by atoms with Crippen LogP contribution in [0.5, 0.6) is 0 Å². The van der Waals surface area contributed by atoms with Gasteiger partial charge in [0.15, 0.2) is 5.60 Å². The van der Waals surface area contributed by atoms with E-state index in [4.69, 9.17) is 4.74 Å². The number of cyclic esters (lactones) is 1. The summed E-state index contributed by atoms with van der Waals surface area (Å²) in [7, 11) is 0. The van der Waals surface area contributed by atoms with Crippen molar-refractivity contribution in [3.63, 3.8) is 0 Å². The molecule has 1 heterocycles. The van der Waals surface area contributed by atoms with Gasteiger partial charge in [0, 0.05) is 16.5 Å². The number of hydrogen-bond acceptors (Lipinski definition) is 2. The largest absolute Gasteiger partial charge is 0.446 e. The molecule has 1 aliphatic rings. The van der Waals surface area contributed by atoms with Crippen molar-refractivity contribution >= 4 is 16.7 Å². The summed E-state index contributed by atoms with van der Waals surface area (Å²) in [4.78, 5) is 12.1. The summed E-state index contributed by atoms with van der Waals surface area (Å²) < 4.78 is 19.7. The topological polar surface area (TPSA) is 26.3 Å². The summed E-state index contributed by atoms with van der Waals surface area (Å²) in [6.07, 6.45) is 0. The van der Waals surface area contributed by atoms with Crippen molar-refractivity contribution in [1.82, 2.24) is 0 Å². The van der Waals surface area contributed by atoms with Crippen molar-refractivity contribution in [2.24, 2.45) is 0 Å². The summed E-state index contributed by atoms with van der Waals surface area (Å²) in [6.45, 7) is 1.85. The molecule has 0 fully saturated rings. The van der Waals surface area contributed by atoms with Crippen LogP contribution in [0.25, 0.3) is 10.8 Å². The smallest absolute Gasteiger partial charge is 0.339 e. The van der Waals surface area contributed by atoms with E-state index in [9.17, 15) is 9.18 Å². The second-order valence-electron chi connectivity index (χ2n) is 5.64. The lowest BCUT2D eigenvalue weighted by atomic mass is 9.86. The van der Waals surface area contributed by atoms with Gasteiger partial charge in [-0.25, -0.2) is 9.18 Å². The first-order chi connectivity index (χ1) is 10.6. The molecule has 1 aliphatic heterocycles. The van der Waals surface area contributed by atoms with Crippen LogP contribution in [0.4, 0.5) is 4.39 Å². The van der Waals surface area contributed by atoms with Crippen LogP contribution in [-0.4, -0.2) is 5.97 Å². The summed E-state index contributed by atoms with van der Waals surface area (Å²) in [6, 6.07) is 17.8. The van der Waals surface area contributed by atoms with Crippen molar-refractivity contribution in [3.05, 3.63) is 83.2 Å². The Bertz CT molecular complexity index is 916. The van der Waals surface area contributed by atoms with Crippen LogP contribution in [0.1, 0.15) is 28.4 Å². The predicted molar refractivity (Wildman–Crippen MR) is 82.2 cm³/mol. The van der Waals surface area contributed by atoms with E-state index in [1.807, 2.05) is 43.3 Å². The number of hydrogen-bond donors (Lipinski definition) is 0. The van der Waals surface area contributed by atoms with Crippen molar-refractivity contribution < 1.29 is 13.9 Å². The molecule has 4 rings (SSSR count). The molecule has 0 aromatic heterocycles. The highest BCUT2D eigenvalue weighted by Crippen LogP contribution is 2.42. The summed E-state index contributed by atoms with van der Waals surface area (Å²) in [5, 5.41) is 1.35. The molecule has 0 aliphatic carbocycles. The molecule has 108 valence electrons. The SMILES string of the molecule is C[C@@]1(c2ccc3cccc(F)c3c2)OC(=O)c2ccccc21. The first-order valence-electron chi connectivity index (χ1n) is 7.11. The van der Waals surface area contributed by atoms with E-state index in [1.165, 1.54) is 6.07 Å². The molecule has 3 aromatic rings. The first kappa shape index (κ1) is 13.0. The number of halogens is 1. The molecule has 0 N–H and O–H groups in total. The highest BCUT2D eigenvalue weighted by atomic mass is 19.1. The van der Waals surface area contributed by atoms with Gasteiger partial charge in [-0.3, -0.25) is 0 Å². The van der Waals surface area contributed by atoms with Crippen LogP contribution in [-0.2, 0) is 10.3 Å². The Balaban J connectivity index is 1.96. The first-order valence-corrected chi connectivity index (χ1v) is 7.11. The average molecular weight is 292 g/mol. The van der Waals surface area contributed by atoms with E-state index in [0.29, 0.717) is 10.9 Å². The number of ether oxygens (including phenoxy) is 1. The van der Waals surface area contributed by atoms with Crippen LogP contribution in [0.2, 0.25) is 0 Å². The summed E-state index contributed by atoms with van der Waals surface area (Å²) >= 11 is 0. The predicted octanol–water partition coefficient (Wildman–Crippen LogP) is 4.41. The minimum absolute atomic E-state index is 0.277. The van der Waals surface area contributed by atoms with Crippen molar-refractivity contribution in [2.75, 3.05) is 0 Å². The third-order valence-electron chi connectivity index (χ3n) is 4.34. The maximum absolute atomic E-state index is 14.0. The Labute approximate surface area is 127 Å². The van der Waals surface area contributed by atoms with E-state index in [1.54, 1.807) is 18.2 Å². The fraction of sp³-hybridized carbons (Fsp3) is 0.105. The van der Waals surface area contributed by atoms with Crippen LogP contribution in [0.15, 0.2) is 60.7 Å². The number of rotatable bonds is 1. The highest BCUT2D eigenvalue weighted by molar-refractivity contribution is 5.95. The Kier molecular flexibility index (Phi) is 2.61. The number of carbonyl (C=O) groups excluding carboxylic acids is 1. The van der Waals surface area contributed by atoms with E-state index in [2.05, 4.69) is 0 Å². The third-order valence-corrected chi connectivity index (χ3v) is 4.34. The average Bonchev–Trinajstić information content (AvgIpc) is 2.80. The van der Waals surface area contributed by atoms with Gasteiger partial charge in [0.2, 0.25) is 0 Å². The Morgan fingerprint density at radius 2 is 1.82 bits per heavy atom. The third kappa shape index (κ3) is 1.69. The van der Waals surface area contributed by atoms with E-state index >= 15 is 0 Å². The van der Waals surface area contributed by atoms with Gasteiger partial charge in [0.05, 0.1) is 5.56 Å². The monoisotopic (exact) mass is 292 g/mol. The van der Waals surface area contributed by atoms with Gasteiger partial charge in [-0.1, -0.05) is 42.5 Å². The second kappa shape index (κ2) is 4.41. The molecule has 0 bridgehead atoms. The molecule has 0 saturated carbocycles. The molecule has 0 saturated heterocycles. The van der Waals surface area contributed by atoms with Crippen LogP contribution >= 0.6 is 0 Å². The lowest BCUT2D eigenvalue weighted by Gasteiger charge is -2.25. The zero-order valence-electron chi connectivity index (χ0n) is 12.0. The number of esters is 1. The number of benzene rings is 3. The van der Waals surface area contributed by atoms with Crippen molar-refractivity contribution in [3.8, 4) is 0 Å². The lowest BCUT2D eigenvalue weighted by molar-refractivity contribution is 0.0180. The fourth-order valence-corrected chi connectivity index (χ4v) is 3.12. The maximum Gasteiger partial charge on any atom is 0.339 e. The van der Waals surface area contributed by atoms with Crippen molar-refractivity contribution in [2.45, 2.75) is 12.5 Å². The van der Waals surface area contributed by atoms with Gasteiger partial charge in [-0.15, -0.1) is 0 Å². The minimum Gasteiger partial charge on any atom is -0.446 e. The van der Waals surface area contributed by atoms with Gasteiger partial charge in [-0.2, -0.15) is 0 Å². The Morgan fingerprint density at radius 3 is 2.68 bits per heavy atom. The molecule has 0 spiro atoms. The van der Waals surface area contributed by atoms with Gasteiger partial charge in [0.1, 0.15) is 5.82 Å². The van der Waals surface area contributed by atoms with Gasteiger partial charge in [-0.05, 0) is 30.5 Å². The van der Waals surface area contributed by atoms with Crippen LogP contribution in [0.3, 0.4) is 0 Å². The quantitative estimate of drug-likeness (QED) is 0.621.